The molecule has 1 fully saturated rings. The fourth-order valence-corrected chi connectivity index (χ4v) is 3.45. The number of hydrogen-bond donors (Lipinski definition) is 1. The molecule has 28 heavy (non-hydrogen) atoms. The normalized spacial score (nSPS) is 14.1. The summed E-state index contributed by atoms with van der Waals surface area (Å²) in [6.45, 7) is 1.75. The third-order valence-electron chi connectivity index (χ3n) is 4.95. The van der Waals surface area contributed by atoms with Crippen LogP contribution >= 0.6 is 0 Å². The van der Waals surface area contributed by atoms with Gasteiger partial charge in [-0.2, -0.15) is 0 Å². The highest BCUT2D eigenvalue weighted by atomic mass is 16.5. The van der Waals surface area contributed by atoms with Crippen molar-refractivity contribution < 1.29 is 28.6 Å². The lowest BCUT2D eigenvalue weighted by atomic mass is 10.1. The van der Waals surface area contributed by atoms with Crippen molar-refractivity contribution in [2.75, 3.05) is 14.2 Å². The summed E-state index contributed by atoms with van der Waals surface area (Å²) in [7, 11) is 3.21. The molecule has 2 aromatic rings. The molecule has 1 saturated carbocycles. The van der Waals surface area contributed by atoms with Crippen molar-refractivity contribution in [3.8, 4) is 11.5 Å². The minimum Gasteiger partial charge on any atom is -0.493 e. The summed E-state index contributed by atoms with van der Waals surface area (Å²) in [5, 5.41) is 9.13. The highest BCUT2D eigenvalue weighted by Crippen LogP contribution is 2.32. The molecule has 1 aliphatic carbocycles. The monoisotopic (exact) mass is 387 g/mol. The van der Waals surface area contributed by atoms with Crippen LogP contribution in [-0.2, 0) is 6.54 Å². The molecular formula is C21H25NO6. The molecule has 1 N–H and O–H groups in total. The van der Waals surface area contributed by atoms with Gasteiger partial charge < -0.3 is 23.9 Å². The number of carbonyl (C=O) groups excluding carboxylic acids is 1. The molecule has 1 amide bonds. The van der Waals surface area contributed by atoms with Gasteiger partial charge in [-0.05, 0) is 56.9 Å². The van der Waals surface area contributed by atoms with Crippen molar-refractivity contribution in [2.45, 2.75) is 45.3 Å². The van der Waals surface area contributed by atoms with Crippen LogP contribution in [0.4, 0.5) is 0 Å². The average Bonchev–Trinajstić information content (AvgIpc) is 3.30. The standard InChI is InChI=1S/C21H25NO6/c1-13-17(21(24)25)11-16(27-13)12-22(2)20(23)14-8-9-18(26-3)19(10-14)28-15-6-4-5-7-15/h8-11,15H,4-7,12H2,1-3H3,(H,24,25). The first-order valence-electron chi connectivity index (χ1n) is 9.31. The van der Waals surface area contributed by atoms with Gasteiger partial charge in [0.2, 0.25) is 0 Å². The first-order valence-corrected chi connectivity index (χ1v) is 9.31. The van der Waals surface area contributed by atoms with Crippen LogP contribution < -0.4 is 9.47 Å². The van der Waals surface area contributed by atoms with E-state index in [4.69, 9.17) is 19.0 Å². The van der Waals surface area contributed by atoms with Gasteiger partial charge in [0.25, 0.3) is 5.91 Å². The molecule has 0 unspecified atom stereocenters. The number of ether oxygens (including phenoxy) is 2. The number of methoxy groups -OCH3 is 1. The minimum absolute atomic E-state index is 0.104. The van der Waals surface area contributed by atoms with Gasteiger partial charge in [-0.15, -0.1) is 0 Å². The van der Waals surface area contributed by atoms with Gasteiger partial charge in [0, 0.05) is 12.6 Å². The molecule has 0 saturated heterocycles. The van der Waals surface area contributed by atoms with E-state index >= 15 is 0 Å². The fourth-order valence-electron chi connectivity index (χ4n) is 3.45. The van der Waals surface area contributed by atoms with Crippen molar-refractivity contribution in [1.82, 2.24) is 4.90 Å². The van der Waals surface area contributed by atoms with Gasteiger partial charge in [-0.1, -0.05) is 0 Å². The van der Waals surface area contributed by atoms with Crippen LogP contribution in [0.25, 0.3) is 0 Å². The molecule has 0 radical (unpaired) electrons. The third kappa shape index (κ3) is 4.30. The molecule has 1 aromatic carbocycles. The largest absolute Gasteiger partial charge is 0.493 e. The summed E-state index contributed by atoms with van der Waals surface area (Å²) in [5.74, 6) is 0.631. The zero-order chi connectivity index (χ0) is 20.3. The lowest BCUT2D eigenvalue weighted by molar-refractivity contribution is 0.0694. The van der Waals surface area contributed by atoms with Crippen LogP contribution in [0.5, 0.6) is 11.5 Å². The van der Waals surface area contributed by atoms with Crippen molar-refractivity contribution in [3.63, 3.8) is 0 Å². The Bertz CT molecular complexity index is 866. The topological polar surface area (TPSA) is 89.2 Å². The Morgan fingerprint density at radius 3 is 2.54 bits per heavy atom. The van der Waals surface area contributed by atoms with Gasteiger partial charge >= 0.3 is 5.97 Å². The van der Waals surface area contributed by atoms with Crippen molar-refractivity contribution in [2.24, 2.45) is 0 Å². The number of aryl methyl sites for hydroxylation is 1. The molecule has 1 heterocycles. The zero-order valence-corrected chi connectivity index (χ0v) is 16.4. The molecule has 0 aliphatic heterocycles. The maximum Gasteiger partial charge on any atom is 0.339 e. The first kappa shape index (κ1) is 19.8. The quantitative estimate of drug-likeness (QED) is 0.775. The minimum atomic E-state index is -1.05. The molecule has 7 nitrogen and oxygen atoms in total. The number of aromatic carboxylic acids is 1. The predicted octanol–water partition coefficient (Wildman–Crippen LogP) is 3.89. The van der Waals surface area contributed by atoms with E-state index in [0.29, 0.717) is 28.6 Å². The highest BCUT2D eigenvalue weighted by molar-refractivity contribution is 5.94. The van der Waals surface area contributed by atoms with Crippen LogP contribution in [0.1, 0.15) is 57.9 Å². The number of hydrogen-bond acceptors (Lipinski definition) is 5. The van der Waals surface area contributed by atoms with Gasteiger partial charge in [-0.25, -0.2) is 4.79 Å². The Hall–Kier alpha value is -2.96. The molecule has 7 heteroatoms. The summed E-state index contributed by atoms with van der Waals surface area (Å²) in [4.78, 5) is 25.5. The maximum absolute atomic E-state index is 12.8. The smallest absolute Gasteiger partial charge is 0.339 e. The Morgan fingerprint density at radius 1 is 1.21 bits per heavy atom. The second-order valence-corrected chi connectivity index (χ2v) is 7.04. The van der Waals surface area contributed by atoms with E-state index in [2.05, 4.69) is 0 Å². The van der Waals surface area contributed by atoms with E-state index in [1.165, 1.54) is 11.0 Å². The second kappa shape index (κ2) is 8.37. The fraction of sp³-hybridized carbons (Fsp3) is 0.429. The van der Waals surface area contributed by atoms with Crippen molar-refractivity contribution in [1.29, 1.82) is 0 Å². The van der Waals surface area contributed by atoms with E-state index < -0.39 is 5.97 Å². The van der Waals surface area contributed by atoms with Crippen LogP contribution in [0, 0.1) is 6.92 Å². The number of carboxylic acid groups (broad SMARTS) is 1. The number of carbonyl (C=O) groups is 2. The number of carboxylic acids is 1. The van der Waals surface area contributed by atoms with Crippen LogP contribution in [0.3, 0.4) is 0 Å². The Balaban J connectivity index is 1.75. The molecular weight excluding hydrogens is 362 g/mol. The number of nitrogens with zero attached hydrogens (tertiary/aromatic N) is 1. The van der Waals surface area contributed by atoms with E-state index in [0.717, 1.165) is 25.7 Å². The van der Waals surface area contributed by atoms with Crippen LogP contribution in [0.15, 0.2) is 28.7 Å². The molecule has 0 atom stereocenters. The second-order valence-electron chi connectivity index (χ2n) is 7.04. The van der Waals surface area contributed by atoms with Gasteiger partial charge in [0.05, 0.1) is 19.8 Å². The Labute approximate surface area is 163 Å². The predicted molar refractivity (Wildman–Crippen MR) is 102 cm³/mol. The van der Waals surface area contributed by atoms with Crippen LogP contribution in [-0.4, -0.2) is 42.1 Å². The zero-order valence-electron chi connectivity index (χ0n) is 16.4. The molecule has 3 rings (SSSR count). The average molecular weight is 387 g/mol. The molecule has 150 valence electrons. The summed E-state index contributed by atoms with van der Waals surface area (Å²) in [6, 6.07) is 6.57. The Kier molecular flexibility index (Phi) is 5.92. The summed E-state index contributed by atoms with van der Waals surface area (Å²) >= 11 is 0. The van der Waals surface area contributed by atoms with E-state index in [1.807, 2.05) is 0 Å². The molecule has 1 aliphatic rings. The van der Waals surface area contributed by atoms with Crippen LogP contribution in [0.2, 0.25) is 0 Å². The van der Waals surface area contributed by atoms with E-state index in [-0.39, 0.29) is 24.1 Å². The third-order valence-corrected chi connectivity index (χ3v) is 4.95. The lowest BCUT2D eigenvalue weighted by Gasteiger charge is -2.19. The van der Waals surface area contributed by atoms with E-state index in [1.54, 1.807) is 39.3 Å². The summed E-state index contributed by atoms with van der Waals surface area (Å²) < 4.78 is 16.9. The molecule has 0 spiro atoms. The SMILES string of the molecule is COc1ccc(C(=O)N(C)Cc2cc(C(=O)O)c(C)o2)cc1OC1CCCC1. The lowest BCUT2D eigenvalue weighted by Crippen LogP contribution is -2.26. The number of benzene rings is 1. The van der Waals surface area contributed by atoms with Crippen molar-refractivity contribution in [3.05, 3.63) is 46.9 Å². The maximum atomic E-state index is 12.8. The van der Waals surface area contributed by atoms with Gasteiger partial charge in [0.15, 0.2) is 11.5 Å². The number of rotatable bonds is 7. The molecule has 0 bridgehead atoms. The first-order chi connectivity index (χ1) is 13.4. The van der Waals surface area contributed by atoms with Gasteiger partial charge in [-0.3, -0.25) is 4.79 Å². The number of furan rings is 1. The summed E-state index contributed by atoms with van der Waals surface area (Å²) in [6.07, 6.45) is 4.46. The highest BCUT2D eigenvalue weighted by Gasteiger charge is 2.22. The number of amides is 1. The Morgan fingerprint density at radius 2 is 1.93 bits per heavy atom. The van der Waals surface area contributed by atoms with Gasteiger partial charge in [0.1, 0.15) is 17.1 Å². The van der Waals surface area contributed by atoms with Crippen molar-refractivity contribution >= 4 is 11.9 Å². The van der Waals surface area contributed by atoms with E-state index in [9.17, 15) is 9.59 Å². The molecule has 1 aromatic heterocycles. The summed E-state index contributed by atoms with van der Waals surface area (Å²) in [5.41, 5.74) is 0.575.